The van der Waals surface area contributed by atoms with Gasteiger partial charge in [-0.15, -0.1) is 0 Å². The average Bonchev–Trinajstić information content (AvgIpc) is 3.00. The zero-order valence-electron chi connectivity index (χ0n) is 14.4. The summed E-state index contributed by atoms with van der Waals surface area (Å²) in [5.41, 5.74) is 4.88. The van der Waals surface area contributed by atoms with E-state index in [9.17, 15) is 19.5 Å². The van der Waals surface area contributed by atoms with Crippen LogP contribution < -0.4 is 11.1 Å². The summed E-state index contributed by atoms with van der Waals surface area (Å²) >= 11 is 5.55. The number of carbonyl (C=O) groups is 3. The third-order valence-electron chi connectivity index (χ3n) is 3.83. The number of methoxy groups -OCH3 is 1. The molecule has 3 atom stereocenters. The molecule has 4 N–H and O–H groups in total. The number of aliphatic carboxylic acids is 1. The summed E-state index contributed by atoms with van der Waals surface area (Å²) < 4.78 is 5.66. The van der Waals surface area contributed by atoms with Gasteiger partial charge in [-0.1, -0.05) is 28.3 Å². The second kappa shape index (κ2) is 8.06. The highest BCUT2D eigenvalue weighted by molar-refractivity contribution is 9.11. The first kappa shape index (κ1) is 20.6. The van der Waals surface area contributed by atoms with Gasteiger partial charge in [-0.05, 0) is 22.0 Å². The molecule has 0 aliphatic carbocycles. The maximum Gasteiger partial charge on any atom is 0.352 e. The Labute approximate surface area is 175 Å². The zero-order chi connectivity index (χ0) is 20.6. The van der Waals surface area contributed by atoms with Crippen LogP contribution in [0.25, 0.3) is 0 Å². The Kier molecular flexibility index (Phi) is 5.92. The Bertz CT molecular complexity index is 903. The predicted octanol–water partition coefficient (Wildman–Crippen LogP) is 0.179. The maximum absolute atomic E-state index is 12.7. The number of nitrogens with zero attached hydrogens (tertiary/aromatic N) is 3. The fourth-order valence-electron chi connectivity index (χ4n) is 2.63. The standard InChI is InChI=1S/C14H14BrN5O6S2/c1-25-5-3-4(13(23)24)20-11(22)8(12(20)27-5)17-10(21)7(19-26-2)6-9(15)28-14(16)18-6/h3,5,8,12H,1-2H3,(H2,16,18)(H,17,21)(H,23,24)/t5?,8?,12-/m1/s1. The molecule has 11 nitrogen and oxygen atoms in total. The van der Waals surface area contributed by atoms with Crippen LogP contribution in [0.1, 0.15) is 5.69 Å². The summed E-state index contributed by atoms with van der Waals surface area (Å²) in [6, 6.07) is -0.963. The maximum atomic E-state index is 12.7. The minimum atomic E-state index is -1.26. The quantitative estimate of drug-likeness (QED) is 0.286. The summed E-state index contributed by atoms with van der Waals surface area (Å²) in [5, 5.41) is 15.1. The lowest BCUT2D eigenvalue weighted by molar-refractivity contribution is -0.150. The number of fused-ring (bicyclic) bond motifs is 1. The molecule has 150 valence electrons. The van der Waals surface area contributed by atoms with E-state index in [0.717, 1.165) is 16.2 Å². The van der Waals surface area contributed by atoms with Crippen LogP contribution in [0.3, 0.4) is 0 Å². The number of thioether (sulfide) groups is 1. The third-order valence-corrected chi connectivity index (χ3v) is 6.73. The Hall–Kier alpha value is -2.16. The average molecular weight is 492 g/mol. The van der Waals surface area contributed by atoms with E-state index in [4.69, 9.17) is 15.3 Å². The monoisotopic (exact) mass is 491 g/mol. The molecule has 2 aliphatic rings. The Morgan fingerprint density at radius 1 is 1.46 bits per heavy atom. The van der Waals surface area contributed by atoms with Gasteiger partial charge in [0, 0.05) is 7.11 Å². The van der Waals surface area contributed by atoms with Crippen LogP contribution in [0.15, 0.2) is 20.7 Å². The largest absolute Gasteiger partial charge is 0.477 e. The first-order valence-electron chi connectivity index (χ1n) is 7.59. The highest BCUT2D eigenvalue weighted by Crippen LogP contribution is 2.41. The second-order valence-electron chi connectivity index (χ2n) is 5.44. The number of amides is 2. The molecule has 0 spiro atoms. The molecule has 1 fully saturated rings. The number of carbonyl (C=O) groups excluding carboxylic acids is 2. The Morgan fingerprint density at radius 2 is 2.18 bits per heavy atom. The SMILES string of the molecule is CON=C(C(=O)NC1C(=O)N2C(C(=O)O)=CC(OC)S[C@H]12)c1nc(N)sc1Br. The lowest BCUT2D eigenvalue weighted by atomic mass is 10.0. The number of rotatable bonds is 6. The van der Waals surface area contributed by atoms with Crippen LogP contribution >= 0.6 is 39.0 Å². The molecule has 14 heteroatoms. The number of hydrogen-bond acceptors (Lipinski definition) is 10. The lowest BCUT2D eigenvalue weighted by Gasteiger charge is -2.49. The van der Waals surface area contributed by atoms with Crippen molar-refractivity contribution in [1.29, 1.82) is 0 Å². The number of carboxylic acid groups (broad SMARTS) is 1. The van der Waals surface area contributed by atoms with Gasteiger partial charge < -0.3 is 25.7 Å². The van der Waals surface area contributed by atoms with Gasteiger partial charge in [-0.2, -0.15) is 0 Å². The number of β-lactam (4-membered cyclic amide) rings is 1. The van der Waals surface area contributed by atoms with E-state index in [2.05, 4.69) is 31.4 Å². The fourth-order valence-corrected chi connectivity index (χ4v) is 5.24. The van der Waals surface area contributed by atoms with Crippen LogP contribution in [0.5, 0.6) is 0 Å². The molecular formula is C14H14BrN5O6S2. The van der Waals surface area contributed by atoms with E-state index in [-0.39, 0.29) is 22.2 Å². The summed E-state index contributed by atoms with van der Waals surface area (Å²) in [7, 11) is 2.68. The first-order valence-corrected chi connectivity index (χ1v) is 10.1. The smallest absolute Gasteiger partial charge is 0.352 e. The molecule has 1 aromatic rings. The van der Waals surface area contributed by atoms with Crippen molar-refractivity contribution in [2.75, 3.05) is 20.0 Å². The predicted molar refractivity (Wildman–Crippen MR) is 104 cm³/mol. The van der Waals surface area contributed by atoms with Crippen molar-refractivity contribution in [2.45, 2.75) is 16.9 Å². The molecule has 0 aromatic carbocycles. The number of carboxylic acids is 1. The number of nitrogens with two attached hydrogens (primary N) is 1. The van der Waals surface area contributed by atoms with Gasteiger partial charge in [-0.3, -0.25) is 14.5 Å². The normalized spacial score (nSPS) is 24.2. The van der Waals surface area contributed by atoms with Crippen molar-refractivity contribution >= 4 is 67.7 Å². The third kappa shape index (κ3) is 3.59. The Balaban J connectivity index is 1.82. The van der Waals surface area contributed by atoms with E-state index in [1.807, 2.05) is 0 Å². The zero-order valence-corrected chi connectivity index (χ0v) is 17.6. The molecule has 0 radical (unpaired) electrons. The van der Waals surface area contributed by atoms with E-state index in [0.29, 0.717) is 3.79 Å². The van der Waals surface area contributed by atoms with Crippen LogP contribution in [-0.4, -0.2) is 69.6 Å². The number of oxime groups is 1. The highest BCUT2D eigenvalue weighted by Gasteiger charge is 2.54. The molecule has 1 aromatic heterocycles. The molecule has 3 rings (SSSR count). The number of nitrogens with one attached hydrogen (secondary N) is 1. The van der Waals surface area contributed by atoms with Gasteiger partial charge in [0.05, 0.1) is 0 Å². The molecule has 2 unspecified atom stereocenters. The van der Waals surface area contributed by atoms with Crippen molar-refractivity contribution in [3.05, 3.63) is 21.3 Å². The highest BCUT2D eigenvalue weighted by atomic mass is 79.9. The van der Waals surface area contributed by atoms with E-state index in [1.54, 1.807) is 0 Å². The number of ether oxygens (including phenoxy) is 1. The number of anilines is 1. The molecule has 2 amide bonds. The van der Waals surface area contributed by atoms with Gasteiger partial charge in [0.25, 0.3) is 11.8 Å². The molecule has 28 heavy (non-hydrogen) atoms. The van der Waals surface area contributed by atoms with Gasteiger partial charge in [0.1, 0.15) is 39.1 Å². The van der Waals surface area contributed by atoms with Gasteiger partial charge in [0.2, 0.25) is 0 Å². The summed E-state index contributed by atoms with van der Waals surface area (Å²) in [4.78, 5) is 46.5. The van der Waals surface area contributed by atoms with E-state index < -0.39 is 34.6 Å². The molecule has 1 saturated heterocycles. The van der Waals surface area contributed by atoms with Gasteiger partial charge >= 0.3 is 5.97 Å². The van der Waals surface area contributed by atoms with Gasteiger partial charge in [0.15, 0.2) is 10.8 Å². The van der Waals surface area contributed by atoms with Crippen LogP contribution in [0.2, 0.25) is 0 Å². The minimum Gasteiger partial charge on any atom is -0.477 e. The van der Waals surface area contributed by atoms with Crippen molar-refractivity contribution in [3.8, 4) is 0 Å². The Morgan fingerprint density at radius 3 is 2.71 bits per heavy atom. The van der Waals surface area contributed by atoms with Crippen LogP contribution in [0, 0.1) is 0 Å². The molecule has 0 bridgehead atoms. The number of thiazole rings is 1. The van der Waals surface area contributed by atoms with E-state index >= 15 is 0 Å². The summed E-state index contributed by atoms with van der Waals surface area (Å²) in [6.07, 6.45) is 1.34. The number of halogens is 1. The second-order valence-corrected chi connectivity index (χ2v) is 9.01. The molecular weight excluding hydrogens is 478 g/mol. The van der Waals surface area contributed by atoms with Gasteiger partial charge in [-0.25, -0.2) is 9.78 Å². The number of nitrogen functional groups attached to an aromatic ring is 1. The lowest BCUT2D eigenvalue weighted by Crippen LogP contribution is -2.71. The summed E-state index contributed by atoms with van der Waals surface area (Å²) in [5.74, 6) is -2.52. The molecule has 2 aliphatic heterocycles. The number of aromatic nitrogens is 1. The van der Waals surface area contributed by atoms with Crippen LogP contribution in [-0.2, 0) is 24.0 Å². The van der Waals surface area contributed by atoms with Crippen LogP contribution in [0.4, 0.5) is 5.13 Å². The summed E-state index contributed by atoms with van der Waals surface area (Å²) in [6.45, 7) is 0. The van der Waals surface area contributed by atoms with Crippen molar-refractivity contribution in [3.63, 3.8) is 0 Å². The minimum absolute atomic E-state index is 0.169. The topological polar surface area (TPSA) is 156 Å². The molecule has 3 heterocycles. The fraction of sp³-hybridized carbons (Fsp3) is 0.357. The molecule has 0 saturated carbocycles. The number of hydrogen-bond donors (Lipinski definition) is 3. The van der Waals surface area contributed by atoms with Crippen molar-refractivity contribution < 1.29 is 29.1 Å². The van der Waals surface area contributed by atoms with Crippen molar-refractivity contribution in [2.24, 2.45) is 5.16 Å². The van der Waals surface area contributed by atoms with E-state index in [1.165, 1.54) is 32.1 Å². The van der Waals surface area contributed by atoms with Crippen molar-refractivity contribution in [1.82, 2.24) is 15.2 Å². The first-order chi connectivity index (χ1) is 13.3.